The summed E-state index contributed by atoms with van der Waals surface area (Å²) < 4.78 is 13.7. The van der Waals surface area contributed by atoms with E-state index in [4.69, 9.17) is 0 Å². The molecule has 1 N–H and O–H groups in total. The topological polar surface area (TPSA) is 32.3 Å². The van der Waals surface area contributed by atoms with E-state index in [1.54, 1.807) is 18.2 Å². The number of likely N-dealkylation sites (N-methyl/N-ethyl adjacent to an activating group) is 1. The zero-order valence-corrected chi connectivity index (χ0v) is 13.6. The van der Waals surface area contributed by atoms with Crippen LogP contribution in [0.4, 0.5) is 4.39 Å². The van der Waals surface area contributed by atoms with Gasteiger partial charge in [-0.1, -0.05) is 48.5 Å². The van der Waals surface area contributed by atoms with Crippen LogP contribution in [0.5, 0.6) is 0 Å². The van der Waals surface area contributed by atoms with Gasteiger partial charge >= 0.3 is 0 Å². The van der Waals surface area contributed by atoms with E-state index in [1.807, 2.05) is 49.3 Å². The van der Waals surface area contributed by atoms with Gasteiger partial charge in [0, 0.05) is 12.6 Å². The lowest BCUT2D eigenvalue weighted by molar-refractivity contribution is -0.121. The molecule has 0 aliphatic carbocycles. The summed E-state index contributed by atoms with van der Waals surface area (Å²) in [6.45, 7) is 0.734. The van der Waals surface area contributed by atoms with E-state index in [2.05, 4.69) is 5.32 Å². The van der Waals surface area contributed by atoms with E-state index in [9.17, 15) is 9.18 Å². The van der Waals surface area contributed by atoms with E-state index < -0.39 is 0 Å². The lowest BCUT2D eigenvalue weighted by Gasteiger charge is -2.22. The average molecular weight is 314 g/mol. The third-order valence-electron chi connectivity index (χ3n) is 3.58. The quantitative estimate of drug-likeness (QED) is 0.852. The molecule has 4 heteroatoms. The molecule has 0 bridgehead atoms. The monoisotopic (exact) mass is 314 g/mol. The van der Waals surface area contributed by atoms with Crippen molar-refractivity contribution in [2.24, 2.45) is 0 Å². The van der Waals surface area contributed by atoms with Crippen LogP contribution in [0.15, 0.2) is 54.6 Å². The van der Waals surface area contributed by atoms with Crippen LogP contribution in [0.25, 0.3) is 0 Å². The van der Waals surface area contributed by atoms with E-state index in [0.29, 0.717) is 5.56 Å². The minimum Gasteiger partial charge on any atom is -0.351 e. The predicted molar refractivity (Wildman–Crippen MR) is 90.7 cm³/mol. The summed E-state index contributed by atoms with van der Waals surface area (Å²) in [4.78, 5) is 14.3. The van der Waals surface area contributed by atoms with Crippen molar-refractivity contribution < 1.29 is 9.18 Å². The van der Waals surface area contributed by atoms with Gasteiger partial charge in [-0.05, 0) is 37.7 Å². The average Bonchev–Trinajstić information content (AvgIpc) is 2.50. The number of hydrogen-bond donors (Lipinski definition) is 1. The number of carbonyl (C=O) groups is 1. The van der Waals surface area contributed by atoms with Crippen LogP contribution in [-0.4, -0.2) is 37.5 Å². The number of rotatable bonds is 7. The molecule has 1 atom stereocenters. The van der Waals surface area contributed by atoms with Crippen molar-refractivity contribution in [1.29, 1.82) is 0 Å². The first kappa shape index (κ1) is 17.2. The smallest absolute Gasteiger partial charge is 0.224 e. The molecule has 23 heavy (non-hydrogen) atoms. The van der Waals surface area contributed by atoms with Crippen molar-refractivity contribution in [2.75, 3.05) is 20.6 Å². The minimum atomic E-state index is -0.338. The Bertz CT molecular complexity index is 628. The van der Waals surface area contributed by atoms with Crippen molar-refractivity contribution in [3.8, 4) is 0 Å². The Morgan fingerprint density at radius 2 is 1.74 bits per heavy atom. The van der Waals surface area contributed by atoms with Gasteiger partial charge in [0.15, 0.2) is 0 Å². The van der Waals surface area contributed by atoms with Crippen molar-refractivity contribution in [3.05, 3.63) is 71.5 Å². The van der Waals surface area contributed by atoms with Crippen molar-refractivity contribution >= 4 is 5.91 Å². The van der Waals surface area contributed by atoms with Gasteiger partial charge in [-0.15, -0.1) is 0 Å². The maximum Gasteiger partial charge on any atom is 0.224 e. The lowest BCUT2D eigenvalue weighted by atomic mass is 10.0. The number of nitrogens with zero attached hydrogens (tertiary/aromatic N) is 1. The SMILES string of the molecule is CN(C)C[C@H](Cc1ccccc1)NC(=O)Cc1ccccc1F. The summed E-state index contributed by atoms with van der Waals surface area (Å²) in [6, 6.07) is 16.4. The Kier molecular flexibility index (Phi) is 6.29. The lowest BCUT2D eigenvalue weighted by Crippen LogP contribution is -2.43. The highest BCUT2D eigenvalue weighted by Crippen LogP contribution is 2.08. The fraction of sp³-hybridized carbons (Fsp3) is 0.316. The van der Waals surface area contributed by atoms with Gasteiger partial charge in [0.1, 0.15) is 5.82 Å². The molecular weight excluding hydrogens is 291 g/mol. The first-order valence-corrected chi connectivity index (χ1v) is 7.76. The normalized spacial score (nSPS) is 12.2. The van der Waals surface area contributed by atoms with Crippen LogP contribution in [0.2, 0.25) is 0 Å². The van der Waals surface area contributed by atoms with Crippen LogP contribution in [0, 0.1) is 5.82 Å². The van der Waals surface area contributed by atoms with Gasteiger partial charge in [-0.3, -0.25) is 4.79 Å². The summed E-state index contributed by atoms with van der Waals surface area (Å²) in [5.74, 6) is -0.493. The first-order chi connectivity index (χ1) is 11.0. The van der Waals surface area contributed by atoms with Crippen molar-refractivity contribution in [2.45, 2.75) is 18.9 Å². The summed E-state index contributed by atoms with van der Waals surface area (Å²) in [7, 11) is 3.95. The maximum atomic E-state index is 13.7. The van der Waals surface area contributed by atoms with Gasteiger partial charge < -0.3 is 10.2 Å². The molecule has 0 aliphatic heterocycles. The van der Waals surface area contributed by atoms with Crippen molar-refractivity contribution in [1.82, 2.24) is 10.2 Å². The number of nitrogens with one attached hydrogen (secondary N) is 1. The Hall–Kier alpha value is -2.20. The Labute approximate surface area is 137 Å². The number of halogens is 1. The second-order valence-corrected chi connectivity index (χ2v) is 5.98. The molecule has 0 unspecified atom stereocenters. The molecule has 1 amide bonds. The highest BCUT2D eigenvalue weighted by molar-refractivity contribution is 5.79. The van der Waals surface area contributed by atoms with Gasteiger partial charge in [0.05, 0.1) is 6.42 Å². The van der Waals surface area contributed by atoms with E-state index >= 15 is 0 Å². The van der Waals surface area contributed by atoms with Gasteiger partial charge in [0.2, 0.25) is 5.91 Å². The number of benzene rings is 2. The molecule has 0 aromatic heterocycles. The van der Waals surface area contributed by atoms with Crippen LogP contribution in [0.1, 0.15) is 11.1 Å². The third-order valence-corrected chi connectivity index (χ3v) is 3.58. The Balaban J connectivity index is 1.99. The van der Waals surface area contributed by atoms with Gasteiger partial charge in [0.25, 0.3) is 0 Å². The molecule has 3 nitrogen and oxygen atoms in total. The number of amides is 1. The zero-order chi connectivity index (χ0) is 16.7. The summed E-state index contributed by atoms with van der Waals surface area (Å²) in [5, 5.41) is 3.03. The molecule has 0 heterocycles. The Morgan fingerprint density at radius 1 is 1.09 bits per heavy atom. The molecule has 0 fully saturated rings. The zero-order valence-electron chi connectivity index (χ0n) is 13.6. The largest absolute Gasteiger partial charge is 0.351 e. The first-order valence-electron chi connectivity index (χ1n) is 7.76. The fourth-order valence-electron chi connectivity index (χ4n) is 2.59. The predicted octanol–water partition coefficient (Wildman–Crippen LogP) is 2.66. The highest BCUT2D eigenvalue weighted by Gasteiger charge is 2.15. The number of carbonyl (C=O) groups excluding carboxylic acids is 1. The summed E-state index contributed by atoms with van der Waals surface area (Å²) in [5.41, 5.74) is 1.60. The van der Waals surface area contributed by atoms with Crippen LogP contribution in [-0.2, 0) is 17.6 Å². The summed E-state index contributed by atoms with van der Waals surface area (Å²) in [6.07, 6.45) is 0.813. The molecule has 0 aliphatic rings. The van der Waals surface area contributed by atoms with E-state index in [1.165, 1.54) is 11.6 Å². The standard InChI is InChI=1S/C19H23FN2O/c1-22(2)14-17(12-15-8-4-3-5-9-15)21-19(23)13-16-10-6-7-11-18(16)20/h3-11,17H,12-14H2,1-2H3,(H,21,23)/t17-/m0/s1. The summed E-state index contributed by atoms with van der Waals surface area (Å²) >= 11 is 0. The van der Waals surface area contributed by atoms with E-state index in [0.717, 1.165) is 13.0 Å². The van der Waals surface area contributed by atoms with E-state index in [-0.39, 0.29) is 24.2 Å². The van der Waals surface area contributed by atoms with Crippen LogP contribution in [0.3, 0.4) is 0 Å². The van der Waals surface area contributed by atoms with Gasteiger partial charge in [-0.25, -0.2) is 4.39 Å². The molecule has 2 aromatic carbocycles. The molecular formula is C19H23FN2O. The third kappa shape index (κ3) is 5.83. The molecule has 122 valence electrons. The number of hydrogen-bond acceptors (Lipinski definition) is 2. The fourth-order valence-corrected chi connectivity index (χ4v) is 2.59. The van der Waals surface area contributed by atoms with Gasteiger partial charge in [-0.2, -0.15) is 0 Å². The molecule has 0 radical (unpaired) electrons. The molecule has 0 saturated heterocycles. The maximum absolute atomic E-state index is 13.7. The van der Waals surface area contributed by atoms with Crippen LogP contribution < -0.4 is 5.32 Å². The molecule has 2 rings (SSSR count). The highest BCUT2D eigenvalue weighted by atomic mass is 19.1. The Morgan fingerprint density at radius 3 is 2.39 bits per heavy atom. The molecule has 0 saturated carbocycles. The minimum absolute atomic E-state index is 0.00771. The van der Waals surface area contributed by atoms with Crippen molar-refractivity contribution in [3.63, 3.8) is 0 Å². The van der Waals surface area contributed by atoms with Crippen LogP contribution >= 0.6 is 0 Å². The molecule has 2 aromatic rings. The molecule has 0 spiro atoms. The second kappa shape index (κ2) is 8.44. The second-order valence-electron chi connectivity index (χ2n) is 5.98.